The lowest BCUT2D eigenvalue weighted by Gasteiger charge is -2.23. The van der Waals surface area contributed by atoms with E-state index in [4.69, 9.17) is 5.73 Å². The fraction of sp³-hybridized carbons (Fsp3) is 0.615. The van der Waals surface area contributed by atoms with Crippen LogP contribution in [-0.2, 0) is 6.42 Å². The molecule has 0 spiro atoms. The predicted octanol–water partition coefficient (Wildman–Crippen LogP) is 2.42. The molecule has 5 heteroatoms. The van der Waals surface area contributed by atoms with Crippen LogP contribution in [0, 0.1) is 24.0 Å². The van der Waals surface area contributed by atoms with Crippen LogP contribution in [0.2, 0.25) is 0 Å². The van der Waals surface area contributed by atoms with Crippen LogP contribution in [0.15, 0.2) is 6.20 Å². The first kappa shape index (κ1) is 13.0. The van der Waals surface area contributed by atoms with Gasteiger partial charge in [-0.2, -0.15) is 0 Å². The third-order valence-electron chi connectivity index (χ3n) is 3.88. The van der Waals surface area contributed by atoms with Crippen LogP contribution in [0.4, 0.5) is 5.69 Å². The highest BCUT2D eigenvalue weighted by Crippen LogP contribution is 2.32. The number of hydrogen-bond donors (Lipinski definition) is 1. The summed E-state index contributed by atoms with van der Waals surface area (Å²) in [7, 11) is 0. The van der Waals surface area contributed by atoms with Gasteiger partial charge in [0.05, 0.1) is 10.6 Å². The van der Waals surface area contributed by atoms with Crippen molar-refractivity contribution in [2.24, 2.45) is 5.73 Å². The first-order chi connectivity index (χ1) is 8.43. The first-order valence-electron chi connectivity index (χ1n) is 6.31. The van der Waals surface area contributed by atoms with Crippen LogP contribution >= 0.6 is 0 Å². The smallest absolute Gasteiger partial charge is 0.278 e. The Balaban J connectivity index is 2.34. The lowest BCUT2D eigenvalue weighted by Crippen LogP contribution is -2.39. The average molecular weight is 249 g/mol. The molecule has 0 aromatic carbocycles. The summed E-state index contributed by atoms with van der Waals surface area (Å²) in [6.45, 7) is 3.49. The number of aryl methyl sites for hydroxylation is 1. The fourth-order valence-corrected chi connectivity index (χ4v) is 2.81. The van der Waals surface area contributed by atoms with E-state index in [0.717, 1.165) is 31.4 Å². The number of nitro groups is 1. The molecule has 1 aliphatic rings. The predicted molar refractivity (Wildman–Crippen MR) is 69.5 cm³/mol. The fourth-order valence-electron chi connectivity index (χ4n) is 2.81. The molecule has 18 heavy (non-hydrogen) atoms. The summed E-state index contributed by atoms with van der Waals surface area (Å²) in [6, 6.07) is 0. The van der Waals surface area contributed by atoms with Gasteiger partial charge in [-0.15, -0.1) is 0 Å². The number of hydrogen-bond acceptors (Lipinski definition) is 4. The van der Waals surface area contributed by atoms with Gasteiger partial charge in [0.15, 0.2) is 0 Å². The van der Waals surface area contributed by atoms with Crippen molar-refractivity contribution in [3.05, 3.63) is 33.1 Å². The molecule has 2 rings (SSSR count). The van der Waals surface area contributed by atoms with E-state index in [2.05, 4.69) is 4.98 Å². The zero-order chi connectivity index (χ0) is 13.3. The van der Waals surface area contributed by atoms with Crippen LogP contribution in [0.25, 0.3) is 0 Å². The molecule has 1 aliphatic carbocycles. The molecule has 5 nitrogen and oxygen atoms in total. The van der Waals surface area contributed by atoms with Gasteiger partial charge in [0.2, 0.25) is 0 Å². The standard InChI is InChI=1S/C13H19N3O2/c1-9-8-15-11(10(2)12(9)16(17)18)7-13(14)5-3-4-6-13/h8H,3-7,14H2,1-2H3. The Hall–Kier alpha value is -1.49. The molecular formula is C13H19N3O2. The summed E-state index contributed by atoms with van der Waals surface area (Å²) in [6.07, 6.45) is 6.47. The van der Waals surface area contributed by atoms with Crippen LogP contribution in [0.1, 0.15) is 42.5 Å². The van der Waals surface area contributed by atoms with Gasteiger partial charge in [-0.25, -0.2) is 0 Å². The molecule has 2 N–H and O–H groups in total. The maximum absolute atomic E-state index is 11.1. The normalized spacial score (nSPS) is 17.9. The summed E-state index contributed by atoms with van der Waals surface area (Å²) in [4.78, 5) is 15.1. The molecule has 1 heterocycles. The Labute approximate surface area is 107 Å². The van der Waals surface area contributed by atoms with Crippen molar-refractivity contribution >= 4 is 5.69 Å². The molecule has 0 radical (unpaired) electrons. The van der Waals surface area contributed by atoms with E-state index in [-0.39, 0.29) is 16.1 Å². The Kier molecular flexibility index (Phi) is 3.34. The zero-order valence-electron chi connectivity index (χ0n) is 10.9. The highest BCUT2D eigenvalue weighted by atomic mass is 16.6. The maximum atomic E-state index is 11.1. The highest BCUT2D eigenvalue weighted by Gasteiger charge is 2.31. The Morgan fingerprint density at radius 3 is 2.61 bits per heavy atom. The van der Waals surface area contributed by atoms with Crippen molar-refractivity contribution in [1.82, 2.24) is 4.98 Å². The van der Waals surface area contributed by atoms with Gasteiger partial charge in [0.25, 0.3) is 5.69 Å². The molecule has 1 saturated carbocycles. The monoisotopic (exact) mass is 249 g/mol. The zero-order valence-corrected chi connectivity index (χ0v) is 10.9. The number of rotatable bonds is 3. The molecular weight excluding hydrogens is 230 g/mol. The van der Waals surface area contributed by atoms with Crippen molar-refractivity contribution in [3.63, 3.8) is 0 Å². The molecule has 1 aromatic heterocycles. The van der Waals surface area contributed by atoms with E-state index in [1.807, 2.05) is 0 Å². The minimum atomic E-state index is -0.326. The van der Waals surface area contributed by atoms with Crippen molar-refractivity contribution in [3.8, 4) is 0 Å². The second-order valence-electron chi connectivity index (χ2n) is 5.36. The third-order valence-corrected chi connectivity index (χ3v) is 3.88. The van der Waals surface area contributed by atoms with Gasteiger partial charge < -0.3 is 5.73 Å². The maximum Gasteiger partial charge on any atom is 0.278 e. The Morgan fingerprint density at radius 2 is 2.06 bits per heavy atom. The van der Waals surface area contributed by atoms with Crippen molar-refractivity contribution in [2.45, 2.75) is 51.5 Å². The molecule has 1 fully saturated rings. The number of nitrogens with two attached hydrogens (primary N) is 1. The van der Waals surface area contributed by atoms with Gasteiger partial charge >= 0.3 is 0 Å². The third kappa shape index (κ3) is 2.36. The molecule has 0 atom stereocenters. The van der Waals surface area contributed by atoms with Crippen LogP contribution in [0.5, 0.6) is 0 Å². The topological polar surface area (TPSA) is 82.0 Å². The first-order valence-corrected chi connectivity index (χ1v) is 6.31. The minimum absolute atomic E-state index is 0.182. The van der Waals surface area contributed by atoms with Gasteiger partial charge in [-0.3, -0.25) is 15.1 Å². The van der Waals surface area contributed by atoms with Gasteiger partial charge in [0, 0.05) is 29.3 Å². The molecule has 0 aliphatic heterocycles. The summed E-state index contributed by atoms with van der Waals surface area (Å²) < 4.78 is 0. The number of pyridine rings is 1. The Morgan fingerprint density at radius 1 is 1.44 bits per heavy atom. The molecule has 0 saturated heterocycles. The van der Waals surface area contributed by atoms with E-state index in [1.54, 1.807) is 20.0 Å². The summed E-state index contributed by atoms with van der Waals surface area (Å²) >= 11 is 0. The number of nitrogens with zero attached hydrogens (tertiary/aromatic N) is 2. The van der Waals surface area contributed by atoms with Crippen LogP contribution in [0.3, 0.4) is 0 Å². The molecule has 1 aromatic rings. The van der Waals surface area contributed by atoms with Crippen LogP contribution < -0.4 is 5.73 Å². The second-order valence-corrected chi connectivity index (χ2v) is 5.36. The van der Waals surface area contributed by atoms with E-state index >= 15 is 0 Å². The molecule has 0 bridgehead atoms. The van der Waals surface area contributed by atoms with Crippen molar-refractivity contribution < 1.29 is 4.92 Å². The number of aromatic nitrogens is 1. The van der Waals surface area contributed by atoms with E-state index in [9.17, 15) is 10.1 Å². The lowest BCUT2D eigenvalue weighted by atomic mass is 9.90. The van der Waals surface area contributed by atoms with Crippen LogP contribution in [-0.4, -0.2) is 15.4 Å². The Bertz CT molecular complexity index is 479. The molecule has 0 amide bonds. The summed E-state index contributed by atoms with van der Waals surface area (Å²) in [5, 5.41) is 11.1. The quantitative estimate of drug-likeness (QED) is 0.658. The van der Waals surface area contributed by atoms with Crippen molar-refractivity contribution in [1.29, 1.82) is 0 Å². The van der Waals surface area contributed by atoms with E-state index in [0.29, 0.717) is 17.5 Å². The largest absolute Gasteiger partial charge is 0.325 e. The van der Waals surface area contributed by atoms with Gasteiger partial charge in [-0.1, -0.05) is 12.8 Å². The average Bonchev–Trinajstić information content (AvgIpc) is 2.69. The van der Waals surface area contributed by atoms with Gasteiger partial charge in [-0.05, 0) is 26.7 Å². The second kappa shape index (κ2) is 4.65. The van der Waals surface area contributed by atoms with E-state index < -0.39 is 0 Å². The summed E-state index contributed by atoms with van der Waals surface area (Å²) in [5.41, 5.74) is 8.32. The lowest BCUT2D eigenvalue weighted by molar-refractivity contribution is -0.386. The van der Waals surface area contributed by atoms with Crippen molar-refractivity contribution in [2.75, 3.05) is 0 Å². The molecule has 98 valence electrons. The van der Waals surface area contributed by atoms with Gasteiger partial charge in [0.1, 0.15) is 0 Å². The van der Waals surface area contributed by atoms with E-state index in [1.165, 1.54) is 0 Å². The SMILES string of the molecule is Cc1cnc(CC2(N)CCCC2)c(C)c1[N+](=O)[O-]. The molecule has 0 unspecified atom stereocenters. The minimum Gasteiger partial charge on any atom is -0.325 e. The summed E-state index contributed by atoms with van der Waals surface area (Å²) in [5.74, 6) is 0. The highest BCUT2D eigenvalue weighted by molar-refractivity contribution is 5.47.